The van der Waals surface area contributed by atoms with E-state index in [0.29, 0.717) is 22.0 Å². The maximum Gasteiger partial charge on any atom is 0.254 e. The first-order chi connectivity index (χ1) is 12.0. The predicted octanol–water partition coefficient (Wildman–Crippen LogP) is 3.46. The van der Waals surface area contributed by atoms with Gasteiger partial charge in [-0.05, 0) is 49.6 Å². The molecule has 1 fully saturated rings. The van der Waals surface area contributed by atoms with E-state index in [-0.39, 0.29) is 18.2 Å². The summed E-state index contributed by atoms with van der Waals surface area (Å²) in [7, 11) is 0. The number of rotatable bonds is 4. The number of halogens is 1. The van der Waals surface area contributed by atoms with Gasteiger partial charge in [-0.1, -0.05) is 17.7 Å². The zero-order chi connectivity index (χ0) is 17.8. The van der Waals surface area contributed by atoms with Gasteiger partial charge in [0.25, 0.3) is 5.91 Å². The number of hydrogen-bond acceptors (Lipinski definition) is 3. The van der Waals surface area contributed by atoms with Crippen molar-refractivity contribution in [3.63, 3.8) is 0 Å². The molecule has 0 radical (unpaired) electrons. The van der Waals surface area contributed by atoms with Crippen LogP contribution >= 0.6 is 11.6 Å². The molecule has 1 aliphatic rings. The highest BCUT2D eigenvalue weighted by atomic mass is 35.5. The number of nitrogens with one attached hydrogen (secondary N) is 1. The van der Waals surface area contributed by atoms with Crippen LogP contribution in [0.25, 0.3) is 0 Å². The van der Waals surface area contributed by atoms with Crippen LogP contribution in [0.1, 0.15) is 34.5 Å². The molecule has 0 atom stereocenters. The molecule has 3 rings (SSSR count). The van der Waals surface area contributed by atoms with Gasteiger partial charge in [-0.15, -0.1) is 0 Å². The lowest BCUT2D eigenvalue weighted by atomic mass is 10.1. The molecule has 0 saturated carbocycles. The van der Waals surface area contributed by atoms with Gasteiger partial charge in [0.05, 0.1) is 11.4 Å². The second kappa shape index (κ2) is 7.66. The molecule has 0 spiro atoms. The third kappa shape index (κ3) is 4.17. The molecular weight excluding hydrogens is 338 g/mol. The minimum atomic E-state index is -0.177. The SMILES string of the molecule is Cc1c(NC(=O)Cc2ccc(Cl)cn2)cccc1C(=O)N1CCCC1. The number of benzene rings is 1. The smallest absolute Gasteiger partial charge is 0.254 e. The lowest BCUT2D eigenvalue weighted by molar-refractivity contribution is -0.115. The Kier molecular flexibility index (Phi) is 5.34. The molecule has 25 heavy (non-hydrogen) atoms. The summed E-state index contributed by atoms with van der Waals surface area (Å²) in [5, 5.41) is 3.41. The van der Waals surface area contributed by atoms with Gasteiger partial charge >= 0.3 is 0 Å². The lowest BCUT2D eigenvalue weighted by Crippen LogP contribution is -2.28. The van der Waals surface area contributed by atoms with Crippen LogP contribution in [-0.4, -0.2) is 34.8 Å². The van der Waals surface area contributed by atoms with Crippen LogP contribution in [0.3, 0.4) is 0 Å². The Bertz CT molecular complexity index is 784. The summed E-state index contributed by atoms with van der Waals surface area (Å²) in [6.07, 6.45) is 3.77. The highest BCUT2D eigenvalue weighted by Gasteiger charge is 2.22. The maximum absolute atomic E-state index is 12.6. The predicted molar refractivity (Wildman–Crippen MR) is 97.9 cm³/mol. The number of carbonyl (C=O) groups is 2. The summed E-state index contributed by atoms with van der Waals surface area (Å²) in [5.74, 6) is -0.144. The van der Waals surface area contributed by atoms with E-state index in [2.05, 4.69) is 10.3 Å². The van der Waals surface area contributed by atoms with Crippen LogP contribution in [-0.2, 0) is 11.2 Å². The molecule has 1 aliphatic heterocycles. The molecule has 0 unspecified atom stereocenters. The first-order valence-electron chi connectivity index (χ1n) is 8.34. The molecule has 1 saturated heterocycles. The number of carbonyl (C=O) groups excluding carboxylic acids is 2. The highest BCUT2D eigenvalue weighted by Crippen LogP contribution is 2.22. The van der Waals surface area contributed by atoms with Gasteiger partial charge in [0.15, 0.2) is 0 Å². The highest BCUT2D eigenvalue weighted by molar-refractivity contribution is 6.30. The van der Waals surface area contributed by atoms with Crippen molar-refractivity contribution in [2.45, 2.75) is 26.2 Å². The summed E-state index contributed by atoms with van der Waals surface area (Å²) in [6, 6.07) is 8.85. The number of likely N-dealkylation sites (tertiary alicyclic amines) is 1. The molecule has 130 valence electrons. The molecule has 2 amide bonds. The third-order valence-electron chi connectivity index (χ3n) is 4.36. The van der Waals surface area contributed by atoms with Crippen LogP contribution in [0.15, 0.2) is 36.5 Å². The van der Waals surface area contributed by atoms with Gasteiger partial charge < -0.3 is 10.2 Å². The van der Waals surface area contributed by atoms with Crippen LogP contribution < -0.4 is 5.32 Å². The van der Waals surface area contributed by atoms with Gasteiger partial charge in [0.2, 0.25) is 5.91 Å². The topological polar surface area (TPSA) is 62.3 Å². The molecule has 1 aromatic carbocycles. The van der Waals surface area contributed by atoms with E-state index in [1.807, 2.05) is 24.0 Å². The van der Waals surface area contributed by atoms with Crippen molar-refractivity contribution < 1.29 is 9.59 Å². The largest absolute Gasteiger partial charge is 0.339 e. The van der Waals surface area contributed by atoms with Gasteiger partial charge in [-0.2, -0.15) is 0 Å². The molecule has 0 bridgehead atoms. The summed E-state index contributed by atoms with van der Waals surface area (Å²) in [6.45, 7) is 3.47. The second-order valence-electron chi connectivity index (χ2n) is 6.17. The first kappa shape index (κ1) is 17.4. The summed E-state index contributed by atoms with van der Waals surface area (Å²) in [5.41, 5.74) is 2.73. The average Bonchev–Trinajstić information content (AvgIpc) is 3.13. The van der Waals surface area contributed by atoms with E-state index in [1.165, 1.54) is 6.20 Å². The minimum absolute atomic E-state index is 0.0328. The molecule has 1 N–H and O–H groups in total. The lowest BCUT2D eigenvalue weighted by Gasteiger charge is -2.18. The maximum atomic E-state index is 12.6. The zero-order valence-corrected chi connectivity index (χ0v) is 14.8. The molecule has 2 aromatic rings. The summed E-state index contributed by atoms with van der Waals surface area (Å²) in [4.78, 5) is 30.9. The van der Waals surface area contributed by atoms with E-state index in [0.717, 1.165) is 31.5 Å². The fraction of sp³-hybridized carbons (Fsp3) is 0.316. The number of nitrogens with zero attached hydrogens (tertiary/aromatic N) is 2. The van der Waals surface area contributed by atoms with E-state index in [9.17, 15) is 9.59 Å². The Balaban J connectivity index is 1.71. The van der Waals surface area contributed by atoms with Gasteiger partial charge in [-0.3, -0.25) is 14.6 Å². The second-order valence-corrected chi connectivity index (χ2v) is 6.61. The Morgan fingerprint density at radius 2 is 1.96 bits per heavy atom. The quantitative estimate of drug-likeness (QED) is 0.911. The van der Waals surface area contributed by atoms with Crippen molar-refractivity contribution in [3.8, 4) is 0 Å². The molecule has 5 nitrogen and oxygen atoms in total. The Morgan fingerprint density at radius 1 is 1.20 bits per heavy atom. The van der Waals surface area contributed by atoms with Crippen molar-refractivity contribution in [2.24, 2.45) is 0 Å². The average molecular weight is 358 g/mol. The molecule has 2 heterocycles. The summed E-state index contributed by atoms with van der Waals surface area (Å²) < 4.78 is 0. The van der Waals surface area contributed by atoms with Crippen molar-refractivity contribution in [1.29, 1.82) is 0 Å². The fourth-order valence-corrected chi connectivity index (χ4v) is 3.08. The van der Waals surface area contributed by atoms with E-state index in [1.54, 1.807) is 18.2 Å². The Hall–Kier alpha value is -2.40. The standard InChI is InChI=1S/C19H20ClN3O2/c1-13-16(19(25)23-9-2-3-10-23)5-4-6-17(13)22-18(24)11-15-8-7-14(20)12-21-15/h4-8,12H,2-3,9-11H2,1H3,(H,22,24). The van der Waals surface area contributed by atoms with Gasteiger partial charge in [0.1, 0.15) is 0 Å². The molecule has 0 aliphatic carbocycles. The van der Waals surface area contributed by atoms with E-state index in [4.69, 9.17) is 11.6 Å². The van der Waals surface area contributed by atoms with Gasteiger partial charge in [0, 0.05) is 36.2 Å². The summed E-state index contributed by atoms with van der Waals surface area (Å²) >= 11 is 5.80. The Labute approximate surface area is 152 Å². The zero-order valence-electron chi connectivity index (χ0n) is 14.1. The monoisotopic (exact) mass is 357 g/mol. The molecule has 6 heteroatoms. The van der Waals surface area contributed by atoms with Gasteiger partial charge in [-0.25, -0.2) is 0 Å². The van der Waals surface area contributed by atoms with Crippen molar-refractivity contribution >= 4 is 29.1 Å². The molecular formula is C19H20ClN3O2. The number of pyridine rings is 1. The number of anilines is 1. The number of amides is 2. The van der Waals surface area contributed by atoms with Crippen LogP contribution in [0.2, 0.25) is 5.02 Å². The fourth-order valence-electron chi connectivity index (χ4n) is 2.96. The van der Waals surface area contributed by atoms with E-state index >= 15 is 0 Å². The van der Waals surface area contributed by atoms with Crippen LogP contribution in [0.5, 0.6) is 0 Å². The normalized spacial score (nSPS) is 13.8. The van der Waals surface area contributed by atoms with E-state index < -0.39 is 0 Å². The van der Waals surface area contributed by atoms with Crippen molar-refractivity contribution in [1.82, 2.24) is 9.88 Å². The minimum Gasteiger partial charge on any atom is -0.339 e. The third-order valence-corrected chi connectivity index (χ3v) is 4.59. The van der Waals surface area contributed by atoms with Crippen LogP contribution in [0, 0.1) is 6.92 Å². The first-order valence-corrected chi connectivity index (χ1v) is 8.71. The number of hydrogen-bond donors (Lipinski definition) is 1. The molecule has 1 aromatic heterocycles. The number of aromatic nitrogens is 1. The van der Waals surface area contributed by atoms with Crippen molar-refractivity contribution in [3.05, 3.63) is 58.4 Å². The van der Waals surface area contributed by atoms with Crippen molar-refractivity contribution in [2.75, 3.05) is 18.4 Å². The van der Waals surface area contributed by atoms with Crippen LogP contribution in [0.4, 0.5) is 5.69 Å². The Morgan fingerprint density at radius 3 is 2.64 bits per heavy atom.